The molecule has 0 aliphatic heterocycles. The number of carbonyl (C=O) groups excluding carboxylic acids is 1. The smallest absolute Gasteiger partial charge is 0.248 e. The minimum Gasteiger partial charge on any atom is -0.497 e. The van der Waals surface area contributed by atoms with Crippen molar-refractivity contribution < 1.29 is 14.3 Å². The number of pyridine rings is 1. The van der Waals surface area contributed by atoms with Gasteiger partial charge in [0.05, 0.1) is 19.9 Å². The fourth-order valence-electron chi connectivity index (χ4n) is 2.70. The molecule has 0 fully saturated rings. The summed E-state index contributed by atoms with van der Waals surface area (Å²) in [5, 5.41) is 2.87. The van der Waals surface area contributed by atoms with E-state index in [4.69, 9.17) is 9.47 Å². The van der Waals surface area contributed by atoms with E-state index in [0.717, 1.165) is 16.8 Å². The Balaban J connectivity index is 1.68. The average molecular weight is 386 g/mol. The van der Waals surface area contributed by atoms with Gasteiger partial charge in [-0.05, 0) is 60.2 Å². The molecule has 0 aliphatic rings. The van der Waals surface area contributed by atoms with Crippen LogP contribution in [0.5, 0.6) is 11.5 Å². The molecule has 0 aliphatic carbocycles. The van der Waals surface area contributed by atoms with E-state index >= 15 is 0 Å². The van der Waals surface area contributed by atoms with Crippen LogP contribution in [0, 0.1) is 0 Å². The van der Waals surface area contributed by atoms with Crippen LogP contribution in [0.4, 0.5) is 5.69 Å². The molecule has 1 amide bonds. The van der Waals surface area contributed by atoms with Crippen molar-refractivity contribution in [2.45, 2.75) is 0 Å². The third-order valence-corrected chi connectivity index (χ3v) is 4.14. The fourth-order valence-corrected chi connectivity index (χ4v) is 2.70. The lowest BCUT2D eigenvalue weighted by Gasteiger charge is -2.07. The first-order chi connectivity index (χ1) is 14.2. The van der Waals surface area contributed by atoms with Crippen molar-refractivity contribution in [1.29, 1.82) is 0 Å². The Kier molecular flexibility index (Phi) is 6.79. The molecule has 0 saturated carbocycles. The van der Waals surface area contributed by atoms with E-state index in [-0.39, 0.29) is 5.91 Å². The molecule has 5 nitrogen and oxygen atoms in total. The van der Waals surface area contributed by atoms with Crippen LogP contribution < -0.4 is 14.8 Å². The first kappa shape index (κ1) is 19.9. The van der Waals surface area contributed by atoms with Crippen molar-refractivity contribution in [2.75, 3.05) is 19.5 Å². The van der Waals surface area contributed by atoms with Crippen LogP contribution in [0.25, 0.3) is 18.2 Å². The normalized spacial score (nSPS) is 11.0. The second-order valence-corrected chi connectivity index (χ2v) is 6.14. The number of benzene rings is 2. The van der Waals surface area contributed by atoms with Crippen molar-refractivity contribution >= 4 is 29.8 Å². The minimum absolute atomic E-state index is 0.235. The lowest BCUT2D eigenvalue weighted by molar-refractivity contribution is -0.111. The summed E-state index contributed by atoms with van der Waals surface area (Å²) in [5.41, 5.74) is 3.30. The van der Waals surface area contributed by atoms with E-state index in [1.54, 1.807) is 38.6 Å². The van der Waals surface area contributed by atoms with Gasteiger partial charge >= 0.3 is 0 Å². The predicted molar refractivity (Wildman–Crippen MR) is 117 cm³/mol. The summed E-state index contributed by atoms with van der Waals surface area (Å²) in [7, 11) is 3.18. The molecule has 146 valence electrons. The Bertz CT molecular complexity index is 1030. The van der Waals surface area contributed by atoms with Crippen LogP contribution in [0.15, 0.2) is 72.9 Å². The van der Waals surface area contributed by atoms with Crippen LogP contribution in [-0.2, 0) is 4.79 Å². The maximum atomic E-state index is 12.3. The lowest BCUT2D eigenvalue weighted by Crippen LogP contribution is -2.07. The molecule has 0 spiro atoms. The van der Waals surface area contributed by atoms with Gasteiger partial charge in [-0.15, -0.1) is 0 Å². The molecule has 1 heterocycles. The number of methoxy groups -OCH3 is 2. The van der Waals surface area contributed by atoms with Gasteiger partial charge < -0.3 is 14.8 Å². The van der Waals surface area contributed by atoms with Gasteiger partial charge in [0.2, 0.25) is 5.91 Å². The van der Waals surface area contributed by atoms with Gasteiger partial charge in [-0.1, -0.05) is 24.3 Å². The van der Waals surface area contributed by atoms with Crippen molar-refractivity contribution in [3.63, 3.8) is 0 Å². The largest absolute Gasteiger partial charge is 0.497 e. The number of rotatable bonds is 7. The van der Waals surface area contributed by atoms with Crippen LogP contribution in [0.3, 0.4) is 0 Å². The van der Waals surface area contributed by atoms with Crippen molar-refractivity contribution in [3.8, 4) is 11.5 Å². The predicted octanol–water partition coefficient (Wildman–Crippen LogP) is 4.92. The maximum absolute atomic E-state index is 12.3. The fraction of sp³-hybridized carbons (Fsp3) is 0.0833. The van der Waals surface area contributed by atoms with Gasteiger partial charge in [-0.2, -0.15) is 0 Å². The van der Waals surface area contributed by atoms with Crippen LogP contribution >= 0.6 is 0 Å². The second-order valence-electron chi connectivity index (χ2n) is 6.14. The lowest BCUT2D eigenvalue weighted by atomic mass is 10.1. The van der Waals surface area contributed by atoms with Gasteiger partial charge in [-0.3, -0.25) is 9.78 Å². The number of aromatic nitrogens is 1. The average Bonchev–Trinajstić information content (AvgIpc) is 2.77. The third kappa shape index (κ3) is 5.81. The molecular formula is C24H22N2O3. The molecule has 1 N–H and O–H groups in total. The van der Waals surface area contributed by atoms with Crippen LogP contribution in [0.1, 0.15) is 16.8 Å². The topological polar surface area (TPSA) is 60.5 Å². The zero-order valence-corrected chi connectivity index (χ0v) is 16.3. The molecule has 0 saturated heterocycles. The summed E-state index contributed by atoms with van der Waals surface area (Å²) in [6, 6.07) is 18.8. The Morgan fingerprint density at radius 3 is 2.59 bits per heavy atom. The zero-order valence-electron chi connectivity index (χ0n) is 16.3. The molecule has 3 rings (SSSR count). The highest BCUT2D eigenvalue weighted by molar-refractivity contribution is 6.02. The van der Waals surface area contributed by atoms with Crippen LogP contribution in [0.2, 0.25) is 0 Å². The number of hydrogen-bond acceptors (Lipinski definition) is 4. The number of carbonyl (C=O) groups is 1. The quantitative estimate of drug-likeness (QED) is 0.586. The molecule has 0 radical (unpaired) electrons. The minimum atomic E-state index is -0.235. The number of nitrogens with one attached hydrogen (secondary N) is 1. The van der Waals surface area contributed by atoms with Gasteiger partial charge in [0.25, 0.3) is 0 Å². The van der Waals surface area contributed by atoms with Crippen molar-refractivity contribution in [1.82, 2.24) is 4.98 Å². The third-order valence-electron chi connectivity index (χ3n) is 4.14. The first-order valence-electron chi connectivity index (χ1n) is 9.08. The Morgan fingerprint density at radius 2 is 1.83 bits per heavy atom. The molecule has 2 aromatic carbocycles. The highest BCUT2D eigenvalue weighted by atomic mass is 16.5. The number of ether oxygens (including phenoxy) is 2. The highest BCUT2D eigenvalue weighted by Gasteiger charge is 2.04. The van der Waals surface area contributed by atoms with Gasteiger partial charge in [0.1, 0.15) is 11.5 Å². The monoisotopic (exact) mass is 386 g/mol. The van der Waals surface area contributed by atoms with Gasteiger partial charge in [-0.25, -0.2) is 0 Å². The summed E-state index contributed by atoms with van der Waals surface area (Å²) in [6.45, 7) is 0. The van der Waals surface area contributed by atoms with E-state index in [1.807, 2.05) is 60.7 Å². The number of anilines is 1. The molecule has 5 heteroatoms. The summed E-state index contributed by atoms with van der Waals surface area (Å²) >= 11 is 0. The van der Waals surface area contributed by atoms with Crippen molar-refractivity contribution in [3.05, 3.63) is 89.8 Å². The summed E-state index contributed by atoms with van der Waals surface area (Å²) in [5.74, 6) is 1.12. The van der Waals surface area contributed by atoms with E-state index in [9.17, 15) is 4.79 Å². The Hall–Kier alpha value is -3.86. The highest BCUT2D eigenvalue weighted by Crippen LogP contribution is 2.25. The summed E-state index contributed by atoms with van der Waals surface area (Å²) < 4.78 is 10.5. The Morgan fingerprint density at radius 1 is 0.931 bits per heavy atom. The van der Waals surface area contributed by atoms with Crippen LogP contribution in [-0.4, -0.2) is 25.1 Å². The maximum Gasteiger partial charge on any atom is 0.248 e. The zero-order chi connectivity index (χ0) is 20.5. The standard InChI is InChI=1S/C24H22N2O3/c1-28-22-12-13-23(29-2)19(17-22)10-14-24(27)26-21-8-5-6-18(16-21)9-11-20-7-3-4-15-25-20/h3-17H,1-2H3,(H,26,27)/b11-9+,14-10+. The molecular weight excluding hydrogens is 364 g/mol. The van der Waals surface area contributed by atoms with E-state index in [2.05, 4.69) is 10.3 Å². The summed E-state index contributed by atoms with van der Waals surface area (Å²) in [6.07, 6.45) is 8.79. The number of nitrogens with zero attached hydrogens (tertiary/aromatic N) is 1. The number of hydrogen-bond donors (Lipinski definition) is 1. The molecule has 0 unspecified atom stereocenters. The molecule has 3 aromatic rings. The van der Waals surface area contributed by atoms with E-state index in [0.29, 0.717) is 17.2 Å². The van der Waals surface area contributed by atoms with E-state index < -0.39 is 0 Å². The molecule has 0 atom stereocenters. The summed E-state index contributed by atoms with van der Waals surface area (Å²) in [4.78, 5) is 16.6. The molecule has 1 aromatic heterocycles. The van der Waals surface area contributed by atoms with Gasteiger partial charge in [0.15, 0.2) is 0 Å². The molecule has 29 heavy (non-hydrogen) atoms. The SMILES string of the molecule is COc1ccc(OC)c(/C=C/C(=O)Nc2cccc(/C=C/c3ccccn3)c2)c1. The van der Waals surface area contributed by atoms with Crippen molar-refractivity contribution in [2.24, 2.45) is 0 Å². The van der Waals surface area contributed by atoms with Gasteiger partial charge in [0, 0.05) is 23.5 Å². The molecule has 0 bridgehead atoms. The first-order valence-corrected chi connectivity index (χ1v) is 9.08. The Labute approximate surface area is 170 Å². The van der Waals surface area contributed by atoms with E-state index in [1.165, 1.54) is 6.08 Å². The second kappa shape index (κ2) is 9.90. The number of amides is 1.